The summed E-state index contributed by atoms with van der Waals surface area (Å²) in [6.45, 7) is 0. The van der Waals surface area contributed by atoms with E-state index in [1.807, 2.05) is 54.6 Å². The highest BCUT2D eigenvalue weighted by Crippen LogP contribution is 2.21. The third-order valence-corrected chi connectivity index (χ3v) is 5.31. The lowest BCUT2D eigenvalue weighted by atomic mass is 10.0. The minimum Gasteiger partial charge on any atom is -0.464 e. The molecular formula is C24H18BrClN2O3. The zero-order valence-corrected chi connectivity index (χ0v) is 18.9. The van der Waals surface area contributed by atoms with Crippen LogP contribution in [0.5, 0.6) is 0 Å². The molecule has 0 fully saturated rings. The van der Waals surface area contributed by atoms with Crippen LogP contribution in [0, 0.1) is 0 Å². The van der Waals surface area contributed by atoms with Crippen molar-refractivity contribution in [1.29, 1.82) is 0 Å². The van der Waals surface area contributed by atoms with E-state index in [0.717, 1.165) is 15.6 Å². The Hall–Kier alpha value is -3.09. The Bertz CT molecular complexity index is 1140. The fourth-order valence-electron chi connectivity index (χ4n) is 2.78. The van der Waals surface area contributed by atoms with Crippen molar-refractivity contribution in [1.82, 2.24) is 0 Å². The normalized spacial score (nSPS) is 11.8. The lowest BCUT2D eigenvalue weighted by Crippen LogP contribution is -2.20. The highest BCUT2D eigenvalue weighted by atomic mass is 79.9. The van der Waals surface area contributed by atoms with Crippen LogP contribution < -0.4 is 0 Å². The van der Waals surface area contributed by atoms with Gasteiger partial charge in [-0.25, -0.2) is 4.79 Å². The first-order chi connectivity index (χ1) is 15.0. The Kier molecular flexibility index (Phi) is 7.87. The third-order valence-electron chi connectivity index (χ3n) is 4.36. The minimum atomic E-state index is -0.717. The molecule has 0 atom stereocenters. The van der Waals surface area contributed by atoms with E-state index < -0.39 is 5.97 Å². The predicted molar refractivity (Wildman–Crippen MR) is 126 cm³/mol. The average Bonchev–Trinajstić information content (AvgIpc) is 2.80. The summed E-state index contributed by atoms with van der Waals surface area (Å²) >= 11 is 9.41. The molecule has 0 aliphatic heterocycles. The highest BCUT2D eigenvalue weighted by Gasteiger charge is 2.19. The first-order valence-corrected chi connectivity index (χ1v) is 10.5. The van der Waals surface area contributed by atoms with E-state index in [4.69, 9.17) is 16.3 Å². The molecule has 3 aromatic rings. The largest absolute Gasteiger partial charge is 0.464 e. The SMILES string of the molecule is COC(=O)C(CC(=O)c1ccc(Cl)cc1)=NN=C(c1ccccc1)c1ccccc1Br. The Morgan fingerprint density at radius 1 is 0.871 bits per heavy atom. The molecule has 0 aromatic heterocycles. The number of ether oxygens (including phenoxy) is 1. The summed E-state index contributed by atoms with van der Waals surface area (Å²) in [6, 6.07) is 23.4. The summed E-state index contributed by atoms with van der Waals surface area (Å²) in [7, 11) is 1.24. The number of hydrogen-bond donors (Lipinski definition) is 0. The molecule has 0 N–H and O–H groups in total. The van der Waals surface area contributed by atoms with Crippen molar-refractivity contribution in [3.8, 4) is 0 Å². The Morgan fingerprint density at radius 2 is 1.52 bits per heavy atom. The lowest BCUT2D eigenvalue weighted by molar-refractivity contribution is -0.132. The van der Waals surface area contributed by atoms with Gasteiger partial charge in [-0.05, 0) is 30.3 Å². The second kappa shape index (κ2) is 10.8. The number of halogens is 2. The number of rotatable bonds is 7. The quantitative estimate of drug-likeness (QED) is 0.181. The molecule has 0 bridgehead atoms. The van der Waals surface area contributed by atoms with E-state index in [-0.39, 0.29) is 17.9 Å². The van der Waals surface area contributed by atoms with Crippen molar-refractivity contribution in [2.45, 2.75) is 6.42 Å². The van der Waals surface area contributed by atoms with Crippen molar-refractivity contribution in [3.05, 3.63) is 105 Å². The number of carbonyl (C=O) groups excluding carboxylic acids is 2. The summed E-state index contributed by atoms with van der Waals surface area (Å²) in [5.74, 6) is -1.01. The van der Waals surface area contributed by atoms with Gasteiger partial charge in [0.2, 0.25) is 0 Å². The van der Waals surface area contributed by atoms with Gasteiger partial charge in [-0.3, -0.25) is 4.79 Å². The number of methoxy groups -OCH3 is 1. The zero-order valence-electron chi connectivity index (χ0n) is 16.6. The summed E-state index contributed by atoms with van der Waals surface area (Å²) < 4.78 is 5.64. The van der Waals surface area contributed by atoms with Crippen LogP contribution in [0.15, 0.2) is 93.5 Å². The topological polar surface area (TPSA) is 68.1 Å². The second-order valence-electron chi connectivity index (χ2n) is 6.44. The molecule has 5 nitrogen and oxygen atoms in total. The third kappa shape index (κ3) is 5.96. The molecule has 0 saturated heterocycles. The monoisotopic (exact) mass is 496 g/mol. The number of carbonyl (C=O) groups is 2. The minimum absolute atomic E-state index is 0.0945. The Balaban J connectivity index is 2.02. The molecule has 7 heteroatoms. The Labute approximate surface area is 193 Å². The van der Waals surface area contributed by atoms with Crippen LogP contribution in [0.25, 0.3) is 0 Å². The molecule has 0 heterocycles. The smallest absolute Gasteiger partial charge is 0.354 e. The van der Waals surface area contributed by atoms with Gasteiger partial charge in [0.05, 0.1) is 13.5 Å². The first kappa shape index (κ1) is 22.6. The van der Waals surface area contributed by atoms with Crippen molar-refractivity contribution in [3.63, 3.8) is 0 Å². The summed E-state index contributed by atoms with van der Waals surface area (Å²) in [5, 5.41) is 9.01. The highest BCUT2D eigenvalue weighted by molar-refractivity contribution is 9.10. The maximum atomic E-state index is 12.6. The van der Waals surface area contributed by atoms with Crippen molar-refractivity contribution < 1.29 is 14.3 Å². The molecule has 31 heavy (non-hydrogen) atoms. The zero-order chi connectivity index (χ0) is 22.2. The number of hydrogen-bond acceptors (Lipinski definition) is 5. The van der Waals surface area contributed by atoms with Crippen LogP contribution in [0.2, 0.25) is 5.02 Å². The van der Waals surface area contributed by atoms with Gasteiger partial charge in [0.1, 0.15) is 5.71 Å². The average molecular weight is 498 g/mol. The van der Waals surface area contributed by atoms with Gasteiger partial charge in [-0.15, -0.1) is 10.2 Å². The van der Waals surface area contributed by atoms with E-state index in [0.29, 0.717) is 16.3 Å². The molecule has 0 saturated carbocycles. The fourth-order valence-corrected chi connectivity index (χ4v) is 3.38. The van der Waals surface area contributed by atoms with Gasteiger partial charge in [0.15, 0.2) is 11.5 Å². The molecule has 0 unspecified atom stereocenters. The standard InChI is InChI=1S/C24H18BrClN2O3/c1-31-24(30)21(15-22(29)16-11-13-18(26)14-12-16)27-28-23(17-7-3-2-4-8-17)19-9-5-6-10-20(19)25/h2-14H,15H2,1H3. The Morgan fingerprint density at radius 3 is 2.16 bits per heavy atom. The van der Waals surface area contributed by atoms with Crippen molar-refractivity contribution in [2.24, 2.45) is 10.2 Å². The van der Waals surface area contributed by atoms with Gasteiger partial charge in [0.25, 0.3) is 0 Å². The molecular weight excluding hydrogens is 480 g/mol. The summed E-state index contributed by atoms with van der Waals surface area (Å²) in [5.41, 5.74) is 2.48. The maximum Gasteiger partial charge on any atom is 0.354 e. The molecule has 0 spiro atoms. The molecule has 3 rings (SSSR count). The van der Waals surface area contributed by atoms with Crippen LogP contribution in [-0.2, 0) is 9.53 Å². The van der Waals surface area contributed by atoms with Gasteiger partial charge in [0, 0.05) is 26.2 Å². The van der Waals surface area contributed by atoms with Gasteiger partial charge in [-0.2, -0.15) is 0 Å². The molecule has 0 amide bonds. The number of benzene rings is 3. The van der Waals surface area contributed by atoms with E-state index >= 15 is 0 Å². The molecule has 0 aliphatic rings. The molecule has 0 radical (unpaired) electrons. The maximum absolute atomic E-state index is 12.6. The van der Waals surface area contributed by atoms with E-state index in [1.165, 1.54) is 7.11 Å². The van der Waals surface area contributed by atoms with Crippen molar-refractivity contribution in [2.75, 3.05) is 7.11 Å². The molecule has 0 aliphatic carbocycles. The van der Waals surface area contributed by atoms with Gasteiger partial charge in [-0.1, -0.05) is 76.1 Å². The number of esters is 1. The second-order valence-corrected chi connectivity index (χ2v) is 7.73. The number of nitrogens with zero attached hydrogens (tertiary/aromatic N) is 2. The van der Waals surface area contributed by atoms with Crippen LogP contribution >= 0.6 is 27.5 Å². The van der Waals surface area contributed by atoms with E-state index in [1.54, 1.807) is 24.3 Å². The van der Waals surface area contributed by atoms with Crippen LogP contribution in [0.3, 0.4) is 0 Å². The number of Topliss-reactive ketones (excluding diaryl/α,β-unsaturated/α-hetero) is 1. The van der Waals surface area contributed by atoms with Crippen LogP contribution in [0.4, 0.5) is 0 Å². The van der Waals surface area contributed by atoms with Crippen molar-refractivity contribution >= 4 is 50.7 Å². The lowest BCUT2D eigenvalue weighted by Gasteiger charge is -2.08. The number of ketones is 1. The van der Waals surface area contributed by atoms with Crippen LogP contribution in [-0.4, -0.2) is 30.3 Å². The summed E-state index contributed by atoms with van der Waals surface area (Å²) in [6.07, 6.45) is -0.254. The first-order valence-electron chi connectivity index (χ1n) is 9.31. The summed E-state index contributed by atoms with van der Waals surface area (Å²) in [4.78, 5) is 24.9. The van der Waals surface area contributed by atoms with E-state index in [9.17, 15) is 9.59 Å². The fraction of sp³-hybridized carbons (Fsp3) is 0.0833. The molecule has 3 aromatic carbocycles. The van der Waals surface area contributed by atoms with E-state index in [2.05, 4.69) is 26.1 Å². The van der Waals surface area contributed by atoms with Gasteiger partial charge >= 0.3 is 5.97 Å². The van der Waals surface area contributed by atoms with Gasteiger partial charge < -0.3 is 4.74 Å². The predicted octanol–water partition coefficient (Wildman–Crippen LogP) is 5.74. The van der Waals surface area contributed by atoms with Crippen LogP contribution in [0.1, 0.15) is 27.9 Å². The molecule has 156 valence electrons.